The smallest absolute Gasteiger partial charge is 0.244 e. The van der Waals surface area contributed by atoms with Crippen molar-refractivity contribution in [2.75, 3.05) is 6.54 Å². The van der Waals surface area contributed by atoms with E-state index in [1.54, 1.807) is 13.0 Å². The molecule has 25 heavy (non-hydrogen) atoms. The summed E-state index contributed by atoms with van der Waals surface area (Å²) in [6, 6.07) is 0. The Morgan fingerprint density at radius 3 is 2.00 bits per heavy atom. The zero-order valence-electron chi connectivity index (χ0n) is 16.1. The van der Waals surface area contributed by atoms with Gasteiger partial charge in [0.1, 0.15) is 0 Å². The normalized spacial score (nSPS) is 15.2. The van der Waals surface area contributed by atoms with Crippen molar-refractivity contribution in [2.24, 2.45) is 0 Å². The maximum absolute atomic E-state index is 11.6. The Balaban J connectivity index is 3.83. The Hall–Kier alpha value is -1.87. The molecular weight excluding hydrogens is 310 g/mol. The van der Waals surface area contributed by atoms with Crippen molar-refractivity contribution in [1.29, 1.82) is 0 Å². The first kappa shape index (κ1) is 23.1. The molecule has 0 heterocycles. The highest BCUT2D eigenvalue weighted by Crippen LogP contribution is 2.09. The zero-order chi connectivity index (χ0) is 18.8. The second-order valence-corrected chi connectivity index (χ2v) is 6.36. The van der Waals surface area contributed by atoms with Crippen molar-refractivity contribution in [3.63, 3.8) is 0 Å². The average molecular weight is 346 g/mol. The van der Waals surface area contributed by atoms with Gasteiger partial charge in [0.25, 0.3) is 0 Å². The molecule has 3 nitrogen and oxygen atoms in total. The van der Waals surface area contributed by atoms with E-state index in [4.69, 9.17) is 0 Å². The Morgan fingerprint density at radius 1 is 0.880 bits per heavy atom. The van der Waals surface area contributed by atoms with E-state index in [-0.39, 0.29) is 12.5 Å². The molecule has 0 saturated heterocycles. The van der Waals surface area contributed by atoms with Crippen LogP contribution in [0.5, 0.6) is 0 Å². The van der Waals surface area contributed by atoms with E-state index < -0.39 is 5.60 Å². The van der Waals surface area contributed by atoms with Crippen LogP contribution in [0.1, 0.15) is 59.3 Å². The van der Waals surface area contributed by atoms with Crippen molar-refractivity contribution in [1.82, 2.24) is 5.32 Å². The van der Waals surface area contributed by atoms with Gasteiger partial charge in [0, 0.05) is 12.6 Å². The summed E-state index contributed by atoms with van der Waals surface area (Å²) < 4.78 is 0. The number of aliphatic hydroxyl groups is 1. The van der Waals surface area contributed by atoms with Crippen LogP contribution in [0.4, 0.5) is 0 Å². The molecule has 1 atom stereocenters. The predicted octanol–water partition coefficient (Wildman–Crippen LogP) is 5.02. The van der Waals surface area contributed by atoms with Gasteiger partial charge in [0.05, 0.1) is 5.60 Å². The molecule has 0 aromatic rings. The molecule has 0 aliphatic heterocycles. The molecule has 0 aliphatic rings. The van der Waals surface area contributed by atoms with Crippen molar-refractivity contribution in [3.05, 3.63) is 60.8 Å². The first-order valence-corrected chi connectivity index (χ1v) is 9.33. The fourth-order valence-corrected chi connectivity index (χ4v) is 2.12. The summed E-state index contributed by atoms with van der Waals surface area (Å²) >= 11 is 0. The minimum Gasteiger partial charge on any atom is -0.388 e. The molecule has 1 amide bonds. The van der Waals surface area contributed by atoms with Gasteiger partial charge < -0.3 is 10.4 Å². The molecule has 0 spiro atoms. The maximum Gasteiger partial charge on any atom is 0.244 e. The van der Waals surface area contributed by atoms with Crippen LogP contribution >= 0.6 is 0 Å². The zero-order valence-corrected chi connectivity index (χ0v) is 16.1. The van der Waals surface area contributed by atoms with Gasteiger partial charge >= 0.3 is 0 Å². The summed E-state index contributed by atoms with van der Waals surface area (Å²) in [5, 5.41) is 12.7. The van der Waals surface area contributed by atoms with E-state index in [9.17, 15) is 9.90 Å². The third kappa shape index (κ3) is 16.8. The van der Waals surface area contributed by atoms with Crippen molar-refractivity contribution in [3.8, 4) is 0 Å². The lowest BCUT2D eigenvalue weighted by Gasteiger charge is -2.22. The molecule has 0 aliphatic carbocycles. The van der Waals surface area contributed by atoms with Gasteiger partial charge in [0.2, 0.25) is 5.91 Å². The number of carbonyl (C=O) groups is 1. The number of hydrogen-bond acceptors (Lipinski definition) is 2. The molecule has 0 aromatic carbocycles. The average Bonchev–Trinajstić information content (AvgIpc) is 2.57. The van der Waals surface area contributed by atoms with E-state index in [1.165, 1.54) is 12.5 Å². The van der Waals surface area contributed by atoms with E-state index in [0.29, 0.717) is 6.42 Å². The molecule has 0 bridgehead atoms. The lowest BCUT2D eigenvalue weighted by Crippen LogP contribution is -2.39. The Bertz CT molecular complexity index is 482. The number of allylic oxidation sites excluding steroid dienone is 9. The fraction of sp³-hybridized carbons (Fsp3) is 0.500. The van der Waals surface area contributed by atoms with Crippen LogP contribution in [0.25, 0.3) is 0 Å². The van der Waals surface area contributed by atoms with Crippen LogP contribution in [0.2, 0.25) is 0 Å². The number of unbranched alkanes of at least 4 members (excludes halogenated alkanes) is 2. The summed E-state index contributed by atoms with van der Waals surface area (Å²) in [6.45, 7) is 6.20. The number of nitrogens with one attached hydrogen (secondary N) is 1. The largest absolute Gasteiger partial charge is 0.388 e. The molecule has 0 radical (unpaired) electrons. The molecule has 3 heteroatoms. The van der Waals surface area contributed by atoms with Gasteiger partial charge in [-0.3, -0.25) is 4.79 Å². The van der Waals surface area contributed by atoms with Gasteiger partial charge in [-0.25, -0.2) is 0 Å². The van der Waals surface area contributed by atoms with Crippen LogP contribution < -0.4 is 5.32 Å². The third-order valence-electron chi connectivity index (χ3n) is 3.49. The van der Waals surface area contributed by atoms with Crippen LogP contribution in [-0.2, 0) is 4.79 Å². The predicted molar refractivity (Wildman–Crippen MR) is 108 cm³/mol. The first-order chi connectivity index (χ1) is 12.0. The van der Waals surface area contributed by atoms with Crippen molar-refractivity contribution < 1.29 is 9.90 Å². The Labute approximate surface area is 153 Å². The molecule has 0 aromatic heterocycles. The van der Waals surface area contributed by atoms with Crippen LogP contribution in [0.3, 0.4) is 0 Å². The summed E-state index contributed by atoms with van der Waals surface area (Å²) in [7, 11) is 0. The second-order valence-electron chi connectivity index (χ2n) is 6.36. The van der Waals surface area contributed by atoms with Gasteiger partial charge in [-0.2, -0.15) is 0 Å². The maximum atomic E-state index is 11.6. The molecule has 1 unspecified atom stereocenters. The lowest BCUT2D eigenvalue weighted by molar-refractivity contribution is -0.117. The van der Waals surface area contributed by atoms with Gasteiger partial charge in [0.15, 0.2) is 0 Å². The topological polar surface area (TPSA) is 49.3 Å². The minimum atomic E-state index is -0.833. The van der Waals surface area contributed by atoms with Crippen molar-refractivity contribution in [2.45, 2.75) is 64.9 Å². The highest BCUT2D eigenvalue weighted by atomic mass is 16.3. The van der Waals surface area contributed by atoms with Gasteiger partial charge in [-0.15, -0.1) is 0 Å². The number of carbonyl (C=O) groups excluding carboxylic acids is 1. The van der Waals surface area contributed by atoms with Crippen molar-refractivity contribution >= 4 is 5.91 Å². The van der Waals surface area contributed by atoms with Gasteiger partial charge in [-0.05, 0) is 32.6 Å². The molecular formula is C22H35NO2. The highest BCUT2D eigenvalue weighted by molar-refractivity contribution is 5.87. The molecule has 0 fully saturated rings. The van der Waals surface area contributed by atoms with E-state index >= 15 is 0 Å². The minimum absolute atomic E-state index is 0.179. The van der Waals surface area contributed by atoms with E-state index in [2.05, 4.69) is 36.5 Å². The molecule has 0 saturated carbocycles. The number of amides is 1. The quantitative estimate of drug-likeness (QED) is 0.280. The SMILES string of the molecule is CCCC=CC=CC=CCCC=CC=CC(=O)NCC(C)(O)CCC. The highest BCUT2D eigenvalue weighted by Gasteiger charge is 2.18. The first-order valence-electron chi connectivity index (χ1n) is 9.33. The van der Waals surface area contributed by atoms with Crippen LogP contribution in [-0.4, -0.2) is 23.2 Å². The van der Waals surface area contributed by atoms with E-state index in [1.807, 2.05) is 31.2 Å². The molecule has 0 rings (SSSR count). The van der Waals surface area contributed by atoms with Crippen LogP contribution in [0, 0.1) is 0 Å². The monoisotopic (exact) mass is 345 g/mol. The number of rotatable bonds is 13. The molecule has 2 N–H and O–H groups in total. The summed E-state index contributed by atoms with van der Waals surface area (Å²) in [4.78, 5) is 11.6. The molecule has 140 valence electrons. The Morgan fingerprint density at radius 2 is 1.44 bits per heavy atom. The number of hydrogen-bond donors (Lipinski definition) is 2. The Kier molecular flexibility index (Phi) is 14.5. The second kappa shape index (κ2) is 15.6. The summed E-state index contributed by atoms with van der Waals surface area (Å²) in [5.41, 5.74) is -0.833. The van der Waals surface area contributed by atoms with E-state index in [0.717, 1.165) is 25.7 Å². The fourth-order valence-electron chi connectivity index (χ4n) is 2.12. The lowest BCUT2D eigenvalue weighted by atomic mass is 10.0. The standard InChI is InChI=1S/C22H35NO2/c1-4-6-7-8-9-10-11-12-13-14-15-16-17-18-21(24)23-20-22(3,25)19-5-2/h7-12,15-18,25H,4-6,13-14,19-20H2,1-3H3,(H,23,24). The summed E-state index contributed by atoms with van der Waals surface area (Å²) in [6.07, 6.45) is 25.4. The summed E-state index contributed by atoms with van der Waals surface area (Å²) in [5.74, 6) is -0.179. The third-order valence-corrected chi connectivity index (χ3v) is 3.49. The van der Waals surface area contributed by atoms with Crippen LogP contribution in [0.15, 0.2) is 60.8 Å². The van der Waals surface area contributed by atoms with Gasteiger partial charge in [-0.1, -0.05) is 81.4 Å².